The molecule has 81 heavy (non-hydrogen) atoms. The van der Waals surface area contributed by atoms with Crippen LogP contribution in [0, 0.1) is 36.8 Å². The number of pyridine rings is 1. The number of piperidine rings is 1. The Balaban J connectivity index is 0.644. The van der Waals surface area contributed by atoms with Crippen molar-refractivity contribution in [2.24, 2.45) is 5.92 Å². The molecule has 422 valence electrons. The predicted molar refractivity (Wildman–Crippen MR) is 303 cm³/mol. The normalized spacial score (nSPS) is 21.4. The summed E-state index contributed by atoms with van der Waals surface area (Å²) in [4.78, 5) is 55.7. The first-order valence-corrected chi connectivity index (χ1v) is 28.8. The molecule has 6 atom stereocenters. The van der Waals surface area contributed by atoms with Gasteiger partial charge in [-0.3, -0.25) is 19.5 Å². The van der Waals surface area contributed by atoms with Crippen molar-refractivity contribution < 1.29 is 42.6 Å². The van der Waals surface area contributed by atoms with Crippen molar-refractivity contribution in [2.45, 2.75) is 108 Å². The molecule has 0 spiro atoms. The van der Waals surface area contributed by atoms with E-state index in [4.69, 9.17) is 25.4 Å². The van der Waals surface area contributed by atoms with E-state index in [0.29, 0.717) is 60.9 Å². The second-order valence-corrected chi connectivity index (χ2v) is 23.4. The molecule has 4 aromatic heterocycles. The fraction of sp³-hybridized carbons (Fsp3) is 0.450. The van der Waals surface area contributed by atoms with Crippen LogP contribution in [0.2, 0.25) is 0 Å². The first-order chi connectivity index (χ1) is 39.2. The number of aliphatic hydroxyl groups is 1. The third-order valence-electron chi connectivity index (χ3n) is 16.7. The van der Waals surface area contributed by atoms with Gasteiger partial charge in [0.25, 0.3) is 0 Å². The zero-order valence-electron chi connectivity index (χ0n) is 45.6. The molecule has 5 saturated heterocycles. The smallest absolute Gasteiger partial charge is 0.319 e. The standard InChI is InChI=1S/C60H65F2N11O7S/c1-6-44-47(61)14-11-37-21-40(74)22-45(52(37)44)54-53(62)55-46(25-63-54)57(72-26-38-12-13-39(27-72)66-38)68-60(67-55)78-20-19-70-17-15-42(16-18-70)79-43-29-71(30-43)50-24-49(80-69-50)51(32(2)3)59(77)73-28-41(75)23-48(73)58(76)65-33(4)35-7-9-36(10-8-35)56-34(5)64-31-81-56/h1,7-11,14,21-22,24-25,31-33,38-39,41-43,48,51,66,74-75H,12-13,15-20,23,26-30H2,2-5H3,(H,65,76)/t33?,38?,39?,41-,48+,51?/m1/s1. The number of anilines is 2. The number of hydrogen-bond acceptors (Lipinski definition) is 17. The lowest BCUT2D eigenvalue weighted by molar-refractivity contribution is -0.141. The van der Waals surface area contributed by atoms with Crippen molar-refractivity contribution in [3.05, 3.63) is 101 Å². The van der Waals surface area contributed by atoms with Gasteiger partial charge in [0, 0.05) is 94.1 Å². The molecule has 9 heterocycles. The summed E-state index contributed by atoms with van der Waals surface area (Å²) in [6, 6.07) is 14.7. The van der Waals surface area contributed by atoms with Gasteiger partial charge in [0.2, 0.25) is 11.8 Å². The van der Waals surface area contributed by atoms with Crippen molar-refractivity contribution in [3.8, 4) is 45.8 Å². The van der Waals surface area contributed by atoms with Crippen LogP contribution in [-0.4, -0.2) is 152 Å². The summed E-state index contributed by atoms with van der Waals surface area (Å²) >= 11 is 1.58. The maximum Gasteiger partial charge on any atom is 0.319 e. The van der Waals surface area contributed by atoms with Crippen LogP contribution >= 0.6 is 11.3 Å². The summed E-state index contributed by atoms with van der Waals surface area (Å²) in [5.41, 5.74) is 4.72. The van der Waals surface area contributed by atoms with Crippen LogP contribution in [0.25, 0.3) is 43.4 Å². The molecule has 0 radical (unpaired) electrons. The molecule has 21 heteroatoms. The molecule has 5 aliphatic rings. The zero-order valence-corrected chi connectivity index (χ0v) is 46.5. The number of halogens is 2. The van der Waals surface area contributed by atoms with Crippen LogP contribution in [0.5, 0.6) is 11.8 Å². The van der Waals surface area contributed by atoms with Crippen molar-refractivity contribution in [1.29, 1.82) is 0 Å². The lowest BCUT2D eigenvalue weighted by Crippen LogP contribution is -2.54. The van der Waals surface area contributed by atoms with Crippen LogP contribution in [0.15, 0.2) is 70.8 Å². The van der Waals surface area contributed by atoms with Crippen LogP contribution in [-0.2, 0) is 14.3 Å². The number of amides is 2. The summed E-state index contributed by atoms with van der Waals surface area (Å²) in [5.74, 6) is 0.864. The van der Waals surface area contributed by atoms with E-state index in [9.17, 15) is 19.8 Å². The third-order valence-corrected chi connectivity index (χ3v) is 17.7. The number of aliphatic hydroxyl groups excluding tert-OH is 1. The average molecular weight is 1120 g/mol. The maximum absolute atomic E-state index is 17.1. The van der Waals surface area contributed by atoms with Crippen LogP contribution < -0.4 is 25.2 Å². The van der Waals surface area contributed by atoms with Gasteiger partial charge in [-0.1, -0.05) is 55.3 Å². The van der Waals surface area contributed by atoms with E-state index in [1.165, 1.54) is 35.4 Å². The number of terminal acetylenes is 1. The summed E-state index contributed by atoms with van der Waals surface area (Å²) in [7, 11) is 0. The summed E-state index contributed by atoms with van der Waals surface area (Å²) in [6.45, 7) is 12.8. The summed E-state index contributed by atoms with van der Waals surface area (Å²) in [5, 5.41) is 33.7. The number of likely N-dealkylation sites (tertiary alicyclic amines) is 2. The number of aryl methyl sites for hydroxylation is 1. The van der Waals surface area contributed by atoms with Crippen LogP contribution in [0.1, 0.15) is 87.4 Å². The highest BCUT2D eigenvalue weighted by atomic mass is 32.1. The molecular formula is C60H65F2N11O7S. The predicted octanol–water partition coefficient (Wildman–Crippen LogP) is 7.50. The highest BCUT2D eigenvalue weighted by Gasteiger charge is 2.44. The Kier molecular flexibility index (Phi) is 15.1. The first kappa shape index (κ1) is 54.2. The molecule has 2 amide bonds. The van der Waals surface area contributed by atoms with Crippen LogP contribution in [0.4, 0.5) is 20.4 Å². The van der Waals surface area contributed by atoms with Gasteiger partial charge >= 0.3 is 6.01 Å². The lowest BCUT2D eigenvalue weighted by Gasteiger charge is -2.42. The van der Waals surface area contributed by atoms with Gasteiger partial charge in [-0.2, -0.15) is 9.97 Å². The number of nitrogens with one attached hydrogen (secondary N) is 2. The number of hydrogen-bond donors (Lipinski definition) is 4. The van der Waals surface area contributed by atoms with E-state index >= 15 is 8.78 Å². The van der Waals surface area contributed by atoms with Crippen molar-refractivity contribution in [1.82, 2.24) is 45.5 Å². The lowest BCUT2D eigenvalue weighted by atomic mass is 9.91. The molecule has 18 nitrogen and oxygen atoms in total. The van der Waals surface area contributed by atoms with Crippen LogP contribution in [0.3, 0.4) is 0 Å². The molecule has 5 fully saturated rings. The minimum atomic E-state index is -0.843. The van der Waals surface area contributed by atoms with Gasteiger partial charge in [-0.25, -0.2) is 13.8 Å². The Morgan fingerprint density at radius 3 is 2.43 bits per heavy atom. The number of carbonyl (C=O) groups excluding carboxylic acids is 2. The number of benzene rings is 3. The summed E-state index contributed by atoms with van der Waals surface area (Å²) in [6.07, 6.45) is 10.4. The minimum Gasteiger partial charge on any atom is -0.508 e. The van der Waals surface area contributed by atoms with Gasteiger partial charge in [0.15, 0.2) is 17.4 Å². The van der Waals surface area contributed by atoms with E-state index in [1.807, 2.05) is 63.5 Å². The highest BCUT2D eigenvalue weighted by molar-refractivity contribution is 7.13. The fourth-order valence-corrected chi connectivity index (χ4v) is 13.3. The monoisotopic (exact) mass is 1120 g/mol. The number of phenols is 1. The van der Waals surface area contributed by atoms with E-state index < -0.39 is 29.7 Å². The van der Waals surface area contributed by atoms with Gasteiger partial charge in [-0.15, -0.1) is 17.8 Å². The van der Waals surface area contributed by atoms with E-state index in [0.717, 1.165) is 60.5 Å². The average Bonchev–Trinajstić information content (AvgIpc) is 4.36. The van der Waals surface area contributed by atoms with Crippen molar-refractivity contribution in [2.75, 3.05) is 68.8 Å². The SMILES string of the molecule is C#Cc1c(F)ccc2cc(O)cc(-c3ncc4c(N5CC6CCC(C5)N6)nc(OCCN5CCC(OC6CN(c7cc(C(C(=O)N8C[C@H](O)C[C@H]8C(=O)NC(C)c8ccc(-c9scnc9C)cc8)C(C)C)on7)C6)CC5)nc4c3F)c12. The molecule has 3 aromatic carbocycles. The zero-order chi connectivity index (χ0) is 56.2. The number of piperazine rings is 1. The molecule has 0 aliphatic carbocycles. The highest BCUT2D eigenvalue weighted by Crippen LogP contribution is 2.40. The van der Waals surface area contributed by atoms with Crippen molar-refractivity contribution >= 4 is 56.5 Å². The van der Waals surface area contributed by atoms with E-state index in [-0.39, 0.29) is 107 Å². The van der Waals surface area contributed by atoms with E-state index in [1.54, 1.807) is 11.3 Å². The third kappa shape index (κ3) is 10.9. The Morgan fingerprint density at radius 1 is 0.951 bits per heavy atom. The van der Waals surface area contributed by atoms with Gasteiger partial charge in [0.05, 0.1) is 51.4 Å². The summed E-state index contributed by atoms with van der Waals surface area (Å²) < 4.78 is 50.8. The number of rotatable bonds is 16. The number of carbonyl (C=O) groups is 2. The van der Waals surface area contributed by atoms with Gasteiger partial charge in [0.1, 0.15) is 47.2 Å². The molecule has 2 bridgehead atoms. The quantitative estimate of drug-likeness (QED) is 0.0691. The van der Waals surface area contributed by atoms with Gasteiger partial charge in [-0.05, 0) is 80.2 Å². The topological polar surface area (TPSA) is 208 Å². The second kappa shape index (κ2) is 22.5. The Labute approximate surface area is 471 Å². The Morgan fingerprint density at radius 2 is 1.72 bits per heavy atom. The molecular weight excluding hydrogens is 1060 g/mol. The Bertz CT molecular complexity index is 3530. The number of phenolic OH excluding ortho intramolecular Hbond substituents is 1. The number of aromatic hydroxyl groups is 1. The number of aromatic nitrogens is 5. The number of fused-ring (bicyclic) bond motifs is 4. The van der Waals surface area contributed by atoms with Gasteiger partial charge < -0.3 is 49.5 Å². The second-order valence-electron chi connectivity index (χ2n) is 22.6. The molecule has 7 aromatic rings. The molecule has 4 unspecified atom stereocenters. The molecule has 4 N–H and O–H groups in total. The number of ether oxygens (including phenoxy) is 2. The first-order valence-electron chi connectivity index (χ1n) is 28.0. The molecule has 5 aliphatic heterocycles. The Hall–Kier alpha value is -7.35. The number of nitrogens with zero attached hydrogens (tertiary/aromatic N) is 9. The van der Waals surface area contributed by atoms with E-state index in [2.05, 4.69) is 51.4 Å². The number of thiazole rings is 1. The maximum atomic E-state index is 17.1. The minimum absolute atomic E-state index is 0.00480. The van der Waals surface area contributed by atoms with Crippen molar-refractivity contribution in [3.63, 3.8) is 0 Å². The fourth-order valence-electron chi connectivity index (χ4n) is 12.4. The molecule has 0 saturated carbocycles. The number of β-amino-alcohol motifs (C(OH)–C–C–N with tert-alkyl or cyclic N) is 1. The largest absolute Gasteiger partial charge is 0.508 e. The molecule has 12 rings (SSSR count).